The van der Waals surface area contributed by atoms with Crippen molar-refractivity contribution in [3.05, 3.63) is 99.5 Å². The third kappa shape index (κ3) is 3.39. The van der Waals surface area contributed by atoms with Gasteiger partial charge in [0.2, 0.25) is 0 Å². The second-order valence-electron chi connectivity index (χ2n) is 8.29. The lowest BCUT2D eigenvalue weighted by atomic mass is 9.79. The summed E-state index contributed by atoms with van der Waals surface area (Å²) < 4.78 is 40.6. The maximum Gasteiger partial charge on any atom is 0.321 e. The van der Waals surface area contributed by atoms with E-state index < -0.39 is 17.6 Å². The summed E-state index contributed by atoms with van der Waals surface area (Å²) in [6, 6.07) is 12.4. The van der Waals surface area contributed by atoms with Gasteiger partial charge in [-0.3, -0.25) is 14.3 Å². The zero-order valence-corrected chi connectivity index (χ0v) is 17.3. The number of halogens is 3. The van der Waals surface area contributed by atoms with Gasteiger partial charge in [0.05, 0.1) is 6.04 Å². The van der Waals surface area contributed by atoms with E-state index in [9.17, 15) is 18.0 Å². The summed E-state index contributed by atoms with van der Waals surface area (Å²) in [5, 5.41) is 3.28. The van der Waals surface area contributed by atoms with Gasteiger partial charge in [-0.15, -0.1) is 0 Å². The van der Waals surface area contributed by atoms with Crippen LogP contribution in [0.15, 0.2) is 70.7 Å². The predicted octanol–water partition coefficient (Wildman–Crippen LogP) is 4.34. The summed E-state index contributed by atoms with van der Waals surface area (Å²) >= 11 is 0. The zero-order valence-electron chi connectivity index (χ0n) is 17.3. The number of hydrogen-bond acceptors (Lipinski definition) is 4. The van der Waals surface area contributed by atoms with Crippen LogP contribution >= 0.6 is 0 Å². The van der Waals surface area contributed by atoms with Crippen molar-refractivity contribution in [3.8, 4) is 0 Å². The molecule has 0 spiro atoms. The average Bonchev–Trinajstić information content (AvgIpc) is 3.58. The summed E-state index contributed by atoms with van der Waals surface area (Å²) in [5.41, 5.74) is 1.23. The van der Waals surface area contributed by atoms with E-state index >= 15 is 0 Å². The van der Waals surface area contributed by atoms with Crippen LogP contribution in [0, 0.1) is 5.82 Å². The highest BCUT2D eigenvalue weighted by Crippen LogP contribution is 2.43. The Hall–Kier alpha value is -3.42. The lowest BCUT2D eigenvalue weighted by Crippen LogP contribution is -2.41. The standard InChI is InChI=1S/C24H21F3N4O/c1-14-24(17-5-8-19(25)9-6-17,18-7-10-20(28-12-18)15-2-3-15)30-22(29-14)16-4-11-21(32)31(13-16)23(26)27/h4-15,23H,2-3H2,1H3,(H,29,30)/t14-,24-/m0/s1. The number of amidine groups is 1. The second-order valence-corrected chi connectivity index (χ2v) is 8.29. The summed E-state index contributed by atoms with van der Waals surface area (Å²) in [4.78, 5) is 21.3. The molecule has 2 aromatic heterocycles. The van der Waals surface area contributed by atoms with Crippen molar-refractivity contribution in [3.63, 3.8) is 0 Å². The fourth-order valence-corrected chi connectivity index (χ4v) is 4.31. The highest BCUT2D eigenvalue weighted by Gasteiger charge is 2.45. The minimum atomic E-state index is -2.96. The molecule has 0 bridgehead atoms. The van der Waals surface area contributed by atoms with E-state index in [1.165, 1.54) is 18.2 Å². The first-order chi connectivity index (χ1) is 15.4. The quantitative estimate of drug-likeness (QED) is 0.645. The molecule has 2 aliphatic rings. The van der Waals surface area contributed by atoms with Gasteiger partial charge in [-0.05, 0) is 49.6 Å². The molecule has 5 rings (SSSR count). The highest BCUT2D eigenvalue weighted by molar-refractivity contribution is 6.00. The van der Waals surface area contributed by atoms with Crippen LogP contribution in [0.2, 0.25) is 0 Å². The minimum absolute atomic E-state index is 0.288. The second kappa shape index (κ2) is 7.62. The molecule has 1 aliphatic carbocycles. The van der Waals surface area contributed by atoms with Crippen molar-refractivity contribution in [1.29, 1.82) is 0 Å². The van der Waals surface area contributed by atoms with Crippen LogP contribution in [0.4, 0.5) is 13.2 Å². The Morgan fingerprint density at radius 2 is 1.78 bits per heavy atom. The molecule has 1 aromatic carbocycles. The monoisotopic (exact) mass is 438 g/mol. The Balaban J connectivity index is 1.66. The molecule has 0 saturated heterocycles. The number of aliphatic imine (C=N–C) groups is 1. The molecule has 0 amide bonds. The molecule has 3 aromatic rings. The molecule has 1 saturated carbocycles. The van der Waals surface area contributed by atoms with Gasteiger partial charge in [-0.1, -0.05) is 18.2 Å². The Morgan fingerprint density at radius 1 is 1.06 bits per heavy atom. The minimum Gasteiger partial charge on any atom is -0.364 e. The maximum absolute atomic E-state index is 13.7. The van der Waals surface area contributed by atoms with E-state index in [0.717, 1.165) is 41.9 Å². The van der Waals surface area contributed by atoms with Crippen LogP contribution in [0.25, 0.3) is 0 Å². The van der Waals surface area contributed by atoms with Crippen LogP contribution in [0.1, 0.15) is 54.6 Å². The molecule has 164 valence electrons. The molecule has 1 aliphatic heterocycles. The van der Waals surface area contributed by atoms with E-state index in [0.29, 0.717) is 21.9 Å². The van der Waals surface area contributed by atoms with Gasteiger partial charge in [0, 0.05) is 41.2 Å². The van der Waals surface area contributed by atoms with E-state index in [2.05, 4.69) is 10.3 Å². The van der Waals surface area contributed by atoms with E-state index in [1.54, 1.807) is 18.3 Å². The third-order valence-corrected chi connectivity index (χ3v) is 6.20. The fraction of sp³-hybridized carbons (Fsp3) is 0.292. The van der Waals surface area contributed by atoms with Crippen molar-refractivity contribution < 1.29 is 13.2 Å². The first kappa shape index (κ1) is 20.5. The zero-order chi connectivity index (χ0) is 22.5. The molecule has 0 unspecified atom stereocenters. The molecule has 3 heterocycles. The summed E-state index contributed by atoms with van der Waals surface area (Å²) in [5.74, 6) is 0.514. The smallest absolute Gasteiger partial charge is 0.321 e. The van der Waals surface area contributed by atoms with E-state index in [-0.39, 0.29) is 11.9 Å². The van der Waals surface area contributed by atoms with Crippen LogP contribution in [-0.4, -0.2) is 21.4 Å². The lowest BCUT2D eigenvalue weighted by molar-refractivity contribution is 0.0663. The van der Waals surface area contributed by atoms with Crippen molar-refractivity contribution in [1.82, 2.24) is 14.9 Å². The molecule has 1 N–H and O–H groups in total. The Kier molecular flexibility index (Phi) is 4.87. The van der Waals surface area contributed by atoms with Crippen molar-refractivity contribution >= 4 is 5.84 Å². The fourth-order valence-electron chi connectivity index (χ4n) is 4.31. The number of nitrogens with zero attached hydrogens (tertiary/aromatic N) is 3. The Bertz CT molecular complexity index is 1230. The van der Waals surface area contributed by atoms with Crippen molar-refractivity contribution in [2.75, 3.05) is 0 Å². The lowest BCUT2D eigenvalue weighted by Gasteiger charge is -2.31. The first-order valence-electron chi connectivity index (χ1n) is 10.5. The SMILES string of the molecule is C[C@@H]1NC(c2ccc(=O)n(C(F)F)c2)=N[C@@]1(c1ccc(F)cc1)c1ccc(C2CC2)nc1. The van der Waals surface area contributed by atoms with Gasteiger partial charge in [0.25, 0.3) is 5.56 Å². The van der Waals surface area contributed by atoms with Gasteiger partial charge in [0.1, 0.15) is 17.2 Å². The molecule has 32 heavy (non-hydrogen) atoms. The van der Waals surface area contributed by atoms with Crippen LogP contribution in [0.3, 0.4) is 0 Å². The van der Waals surface area contributed by atoms with Gasteiger partial charge in [-0.25, -0.2) is 9.38 Å². The molecular weight excluding hydrogens is 417 g/mol. The largest absolute Gasteiger partial charge is 0.364 e. The predicted molar refractivity (Wildman–Crippen MR) is 114 cm³/mol. The highest BCUT2D eigenvalue weighted by atomic mass is 19.3. The summed E-state index contributed by atoms with van der Waals surface area (Å²) in [6.07, 6.45) is 5.16. The number of benzene rings is 1. The summed E-state index contributed by atoms with van der Waals surface area (Å²) in [7, 11) is 0. The number of alkyl halides is 2. The van der Waals surface area contributed by atoms with Crippen LogP contribution < -0.4 is 10.9 Å². The first-order valence-corrected chi connectivity index (χ1v) is 10.5. The van der Waals surface area contributed by atoms with Gasteiger partial charge < -0.3 is 5.32 Å². The topological polar surface area (TPSA) is 59.3 Å². The van der Waals surface area contributed by atoms with E-state index in [1.807, 2.05) is 19.1 Å². The van der Waals surface area contributed by atoms with Gasteiger partial charge in [-0.2, -0.15) is 8.78 Å². The maximum atomic E-state index is 13.7. The number of rotatable bonds is 5. The Labute approximate surface area is 182 Å². The molecule has 0 radical (unpaired) electrons. The van der Waals surface area contributed by atoms with Crippen molar-refractivity contribution in [2.45, 2.75) is 43.8 Å². The Morgan fingerprint density at radius 3 is 2.41 bits per heavy atom. The molecular formula is C24H21F3N4O. The number of hydrogen-bond donors (Lipinski definition) is 1. The number of aromatic nitrogens is 2. The average molecular weight is 438 g/mol. The molecule has 1 fully saturated rings. The van der Waals surface area contributed by atoms with Crippen molar-refractivity contribution in [2.24, 2.45) is 4.99 Å². The summed E-state index contributed by atoms with van der Waals surface area (Å²) in [6.45, 7) is -1.03. The molecule has 2 atom stereocenters. The van der Waals surface area contributed by atoms with Crippen LogP contribution in [-0.2, 0) is 5.54 Å². The van der Waals surface area contributed by atoms with Gasteiger partial charge >= 0.3 is 6.55 Å². The molecule has 5 nitrogen and oxygen atoms in total. The van der Waals surface area contributed by atoms with Crippen LogP contribution in [0.5, 0.6) is 0 Å². The normalized spacial score (nSPS) is 22.7. The van der Waals surface area contributed by atoms with E-state index in [4.69, 9.17) is 4.99 Å². The molecule has 8 heteroatoms. The number of nitrogens with one attached hydrogen (secondary N) is 1. The number of pyridine rings is 2. The third-order valence-electron chi connectivity index (χ3n) is 6.20. The van der Waals surface area contributed by atoms with Gasteiger partial charge in [0.15, 0.2) is 0 Å².